The lowest BCUT2D eigenvalue weighted by Crippen LogP contribution is -2.56. The van der Waals surface area contributed by atoms with Crippen LogP contribution in [0.2, 0.25) is 0 Å². The summed E-state index contributed by atoms with van der Waals surface area (Å²) in [6.45, 7) is -0.0839. The van der Waals surface area contributed by atoms with Crippen LogP contribution >= 0.6 is 0 Å². The number of pyridine rings is 1. The summed E-state index contributed by atoms with van der Waals surface area (Å²) in [7, 11) is -4.14. The van der Waals surface area contributed by atoms with Crippen molar-refractivity contribution in [1.29, 1.82) is 5.26 Å². The van der Waals surface area contributed by atoms with E-state index in [2.05, 4.69) is 4.98 Å². The zero-order valence-corrected chi connectivity index (χ0v) is 13.0. The van der Waals surface area contributed by atoms with Crippen molar-refractivity contribution in [2.75, 3.05) is 13.1 Å². The maximum Gasteiger partial charge on any atom is 0.246 e. The predicted molar refractivity (Wildman–Crippen MR) is 78.5 cm³/mol. The number of sulfonamides is 1. The van der Waals surface area contributed by atoms with Crippen LogP contribution in [-0.2, 0) is 10.0 Å². The van der Waals surface area contributed by atoms with Crippen LogP contribution in [0, 0.1) is 23.0 Å². The van der Waals surface area contributed by atoms with Crippen LogP contribution in [0.5, 0.6) is 5.88 Å². The highest BCUT2D eigenvalue weighted by molar-refractivity contribution is 7.89. The first kappa shape index (κ1) is 16.3. The van der Waals surface area contributed by atoms with E-state index < -0.39 is 32.7 Å². The number of halogens is 2. The van der Waals surface area contributed by atoms with Crippen LogP contribution < -0.4 is 4.74 Å². The first-order valence-corrected chi connectivity index (χ1v) is 8.33. The van der Waals surface area contributed by atoms with E-state index in [1.807, 2.05) is 6.07 Å². The first-order valence-electron chi connectivity index (χ1n) is 6.89. The van der Waals surface area contributed by atoms with Crippen LogP contribution in [-0.4, -0.2) is 36.9 Å². The van der Waals surface area contributed by atoms with Gasteiger partial charge in [0, 0.05) is 6.20 Å². The van der Waals surface area contributed by atoms with Crippen LogP contribution in [0.3, 0.4) is 0 Å². The van der Waals surface area contributed by atoms with Gasteiger partial charge in [0.25, 0.3) is 0 Å². The molecular weight excluding hydrogens is 340 g/mol. The van der Waals surface area contributed by atoms with Gasteiger partial charge in [0.15, 0.2) is 0 Å². The quantitative estimate of drug-likeness (QED) is 0.837. The van der Waals surface area contributed by atoms with Crippen molar-refractivity contribution < 1.29 is 21.9 Å². The van der Waals surface area contributed by atoms with Crippen LogP contribution in [0.25, 0.3) is 0 Å². The average Bonchev–Trinajstić information content (AvgIpc) is 2.52. The SMILES string of the molecule is N#Cc1cccnc1OC1CN(S(=O)(=O)c2cc(F)ccc2F)C1. The molecule has 24 heavy (non-hydrogen) atoms. The molecule has 1 fully saturated rings. The molecule has 6 nitrogen and oxygen atoms in total. The van der Waals surface area contributed by atoms with Gasteiger partial charge in [0.05, 0.1) is 13.1 Å². The van der Waals surface area contributed by atoms with Gasteiger partial charge in [-0.25, -0.2) is 22.2 Å². The molecule has 2 aromatic rings. The van der Waals surface area contributed by atoms with E-state index in [-0.39, 0.29) is 24.5 Å². The Kier molecular flexibility index (Phi) is 4.17. The van der Waals surface area contributed by atoms with Gasteiger partial charge in [-0.15, -0.1) is 0 Å². The standard InChI is InChI=1S/C15H11F2N3O3S/c16-11-3-4-13(17)14(6-11)24(21,22)20-8-12(9-20)23-15-10(7-18)2-1-5-19-15/h1-6,12H,8-9H2. The molecule has 124 valence electrons. The van der Waals surface area contributed by atoms with Crippen LogP contribution in [0.4, 0.5) is 8.78 Å². The van der Waals surface area contributed by atoms with Crippen LogP contribution in [0.1, 0.15) is 5.56 Å². The molecule has 0 atom stereocenters. The summed E-state index contributed by atoms with van der Waals surface area (Å²) in [6, 6.07) is 7.28. The molecule has 0 spiro atoms. The minimum absolute atomic E-state index is 0.0419. The van der Waals surface area contributed by atoms with Crippen molar-refractivity contribution in [2.24, 2.45) is 0 Å². The highest BCUT2D eigenvalue weighted by Crippen LogP contribution is 2.27. The van der Waals surface area contributed by atoms with E-state index in [4.69, 9.17) is 10.00 Å². The summed E-state index contributed by atoms with van der Waals surface area (Å²) in [5.74, 6) is -1.74. The van der Waals surface area contributed by atoms with Gasteiger partial charge in [-0.2, -0.15) is 9.57 Å². The fourth-order valence-corrected chi connectivity index (χ4v) is 3.79. The number of nitrogens with zero attached hydrogens (tertiary/aromatic N) is 3. The summed E-state index contributed by atoms with van der Waals surface area (Å²) in [5, 5.41) is 8.96. The molecular formula is C15H11F2N3O3S. The maximum atomic E-state index is 13.7. The lowest BCUT2D eigenvalue weighted by molar-refractivity contribution is 0.0716. The van der Waals surface area contributed by atoms with E-state index in [0.717, 1.165) is 16.4 Å². The van der Waals surface area contributed by atoms with Gasteiger partial charge in [-0.05, 0) is 30.3 Å². The molecule has 0 radical (unpaired) electrons. The number of ether oxygens (including phenoxy) is 1. The summed E-state index contributed by atoms with van der Waals surface area (Å²) >= 11 is 0. The maximum absolute atomic E-state index is 13.7. The van der Waals surface area contributed by atoms with E-state index in [1.165, 1.54) is 12.3 Å². The average molecular weight is 351 g/mol. The third kappa shape index (κ3) is 2.93. The molecule has 2 heterocycles. The highest BCUT2D eigenvalue weighted by atomic mass is 32.2. The molecule has 1 aromatic heterocycles. The van der Waals surface area contributed by atoms with Gasteiger partial charge in [0.1, 0.15) is 34.3 Å². The van der Waals surface area contributed by atoms with Crippen molar-refractivity contribution in [3.63, 3.8) is 0 Å². The smallest absolute Gasteiger partial charge is 0.246 e. The van der Waals surface area contributed by atoms with Crippen molar-refractivity contribution in [3.05, 3.63) is 53.7 Å². The molecule has 0 aliphatic carbocycles. The third-order valence-corrected chi connectivity index (χ3v) is 5.34. The van der Waals surface area contributed by atoms with Crippen molar-refractivity contribution >= 4 is 10.0 Å². The summed E-state index contributed by atoms with van der Waals surface area (Å²) in [6.07, 6.45) is 0.934. The van der Waals surface area contributed by atoms with Crippen LogP contribution in [0.15, 0.2) is 41.4 Å². The number of rotatable bonds is 4. The van der Waals surface area contributed by atoms with E-state index in [1.54, 1.807) is 6.07 Å². The minimum atomic E-state index is -4.14. The van der Waals surface area contributed by atoms with E-state index >= 15 is 0 Å². The van der Waals surface area contributed by atoms with Crippen molar-refractivity contribution in [1.82, 2.24) is 9.29 Å². The molecule has 9 heteroatoms. The summed E-state index contributed by atoms with van der Waals surface area (Å²) in [4.78, 5) is 3.21. The van der Waals surface area contributed by atoms with Crippen molar-refractivity contribution in [2.45, 2.75) is 11.0 Å². The zero-order valence-electron chi connectivity index (χ0n) is 12.2. The van der Waals surface area contributed by atoms with Gasteiger partial charge >= 0.3 is 0 Å². The number of nitriles is 1. The topological polar surface area (TPSA) is 83.3 Å². The molecule has 1 saturated heterocycles. The molecule has 0 bridgehead atoms. The monoisotopic (exact) mass is 351 g/mol. The third-order valence-electron chi connectivity index (χ3n) is 3.50. The second kappa shape index (κ2) is 6.14. The minimum Gasteiger partial charge on any atom is -0.471 e. The molecule has 0 unspecified atom stereocenters. The summed E-state index contributed by atoms with van der Waals surface area (Å²) in [5.41, 5.74) is 0.231. The Balaban J connectivity index is 1.72. The van der Waals surface area contributed by atoms with Gasteiger partial charge in [0.2, 0.25) is 15.9 Å². The van der Waals surface area contributed by atoms with Gasteiger partial charge in [-0.1, -0.05) is 0 Å². The molecule has 1 aliphatic rings. The Labute approximate surface area is 137 Å². The lowest BCUT2D eigenvalue weighted by atomic mass is 10.2. The van der Waals surface area contributed by atoms with Gasteiger partial charge < -0.3 is 4.74 Å². The fraction of sp³-hybridized carbons (Fsp3) is 0.200. The summed E-state index contributed by atoms with van der Waals surface area (Å²) < 4.78 is 57.9. The Morgan fingerprint density at radius 3 is 2.75 bits per heavy atom. The fourth-order valence-electron chi connectivity index (χ4n) is 2.21. The highest BCUT2D eigenvalue weighted by Gasteiger charge is 2.40. The number of aromatic nitrogens is 1. The second-order valence-corrected chi connectivity index (χ2v) is 7.01. The Morgan fingerprint density at radius 1 is 1.29 bits per heavy atom. The predicted octanol–water partition coefficient (Wildman–Crippen LogP) is 1.68. The second-order valence-electron chi connectivity index (χ2n) is 5.10. The number of benzene rings is 1. The normalized spacial score (nSPS) is 15.5. The Bertz CT molecular complexity index is 922. The van der Waals surface area contributed by atoms with Crippen molar-refractivity contribution in [3.8, 4) is 11.9 Å². The van der Waals surface area contributed by atoms with E-state index in [0.29, 0.717) is 6.07 Å². The first-order chi connectivity index (χ1) is 11.4. The largest absolute Gasteiger partial charge is 0.471 e. The molecule has 0 N–H and O–H groups in total. The zero-order chi connectivity index (χ0) is 17.3. The molecule has 3 rings (SSSR count). The molecule has 0 amide bonds. The molecule has 1 aliphatic heterocycles. The number of hydrogen-bond donors (Lipinski definition) is 0. The number of hydrogen-bond acceptors (Lipinski definition) is 5. The molecule has 0 saturated carbocycles. The molecule has 1 aromatic carbocycles. The van der Waals surface area contributed by atoms with E-state index in [9.17, 15) is 17.2 Å². The van der Waals surface area contributed by atoms with Gasteiger partial charge in [-0.3, -0.25) is 0 Å². The Hall–Kier alpha value is -2.57. The lowest BCUT2D eigenvalue weighted by Gasteiger charge is -2.37. The Morgan fingerprint density at radius 2 is 2.04 bits per heavy atom.